The molecule has 1 aromatic rings. The van der Waals surface area contributed by atoms with Crippen molar-refractivity contribution in [1.82, 2.24) is 5.32 Å². The van der Waals surface area contributed by atoms with E-state index in [2.05, 4.69) is 5.32 Å². The number of hydrogen-bond donors (Lipinski definition) is 1. The maximum Gasteiger partial charge on any atom is 0.320 e. The van der Waals surface area contributed by atoms with Crippen molar-refractivity contribution < 1.29 is 13.9 Å². The highest BCUT2D eigenvalue weighted by Gasteiger charge is 2.15. The fourth-order valence-corrected chi connectivity index (χ4v) is 1.43. The number of carbonyl (C=O) groups excluding carboxylic acids is 1. The molecule has 0 aromatic heterocycles. The van der Waals surface area contributed by atoms with Crippen molar-refractivity contribution in [3.63, 3.8) is 0 Å². The molecule has 0 radical (unpaired) electrons. The maximum atomic E-state index is 13.3. The summed E-state index contributed by atoms with van der Waals surface area (Å²) in [6, 6.07) is 5.03. The summed E-state index contributed by atoms with van der Waals surface area (Å²) in [4.78, 5) is 11.4. The molecule has 1 N–H and O–H groups in total. The molecule has 0 spiro atoms. The Morgan fingerprint density at radius 1 is 1.39 bits per heavy atom. The highest BCUT2D eigenvalue weighted by Crippen LogP contribution is 2.09. The first kappa shape index (κ1) is 14.6. The third-order valence-corrected chi connectivity index (χ3v) is 2.25. The van der Waals surface area contributed by atoms with Gasteiger partial charge in [0.15, 0.2) is 0 Å². The Balaban J connectivity index is 2.38. The van der Waals surface area contributed by atoms with Crippen LogP contribution in [0.15, 0.2) is 18.2 Å². The number of aryl methyl sites for hydroxylation is 1. The van der Waals surface area contributed by atoms with Gasteiger partial charge in [0.05, 0.1) is 6.54 Å². The van der Waals surface area contributed by atoms with Crippen LogP contribution in [0.3, 0.4) is 0 Å². The van der Waals surface area contributed by atoms with Crippen LogP contribution in [-0.4, -0.2) is 18.1 Å². The zero-order valence-corrected chi connectivity index (χ0v) is 11.3. The fourth-order valence-electron chi connectivity index (χ4n) is 1.43. The van der Waals surface area contributed by atoms with Crippen LogP contribution in [0.2, 0.25) is 0 Å². The summed E-state index contributed by atoms with van der Waals surface area (Å²) in [6.45, 7) is 7.73. The highest BCUT2D eigenvalue weighted by molar-refractivity contribution is 5.72. The summed E-state index contributed by atoms with van der Waals surface area (Å²) in [7, 11) is 0. The lowest BCUT2D eigenvalue weighted by atomic mass is 10.1. The summed E-state index contributed by atoms with van der Waals surface area (Å²) >= 11 is 0. The molecule has 0 aliphatic carbocycles. The van der Waals surface area contributed by atoms with Crippen LogP contribution >= 0.6 is 0 Å². The number of rotatable bonds is 4. The molecule has 0 aliphatic rings. The Hall–Kier alpha value is -1.42. The van der Waals surface area contributed by atoms with E-state index in [1.54, 1.807) is 13.0 Å². The minimum absolute atomic E-state index is 0.118. The van der Waals surface area contributed by atoms with Crippen molar-refractivity contribution in [2.45, 2.75) is 39.8 Å². The van der Waals surface area contributed by atoms with Gasteiger partial charge in [0.25, 0.3) is 0 Å². The van der Waals surface area contributed by atoms with Gasteiger partial charge in [-0.05, 0) is 44.9 Å². The lowest BCUT2D eigenvalue weighted by Crippen LogP contribution is -2.31. The van der Waals surface area contributed by atoms with Crippen LogP contribution in [0, 0.1) is 12.7 Å². The summed E-state index contributed by atoms with van der Waals surface area (Å²) < 4.78 is 18.4. The molecule has 4 heteroatoms. The van der Waals surface area contributed by atoms with Gasteiger partial charge in [0, 0.05) is 6.54 Å². The zero-order chi connectivity index (χ0) is 13.8. The van der Waals surface area contributed by atoms with Gasteiger partial charge in [-0.2, -0.15) is 0 Å². The van der Waals surface area contributed by atoms with E-state index in [4.69, 9.17) is 4.74 Å². The van der Waals surface area contributed by atoms with Gasteiger partial charge in [0.1, 0.15) is 11.4 Å². The molecule has 0 atom stereocenters. The molecule has 3 nitrogen and oxygen atoms in total. The molecular weight excluding hydrogens is 233 g/mol. The maximum absolute atomic E-state index is 13.3. The van der Waals surface area contributed by atoms with Crippen LogP contribution in [0.25, 0.3) is 0 Å². The van der Waals surface area contributed by atoms with Gasteiger partial charge < -0.3 is 10.1 Å². The SMILES string of the molecule is Cc1ccc(CNCC(=O)OC(C)(C)C)cc1F. The molecule has 0 unspecified atom stereocenters. The average molecular weight is 253 g/mol. The van der Waals surface area contributed by atoms with Gasteiger partial charge in [-0.1, -0.05) is 12.1 Å². The normalized spacial score (nSPS) is 11.4. The van der Waals surface area contributed by atoms with Gasteiger partial charge in [-0.15, -0.1) is 0 Å². The Kier molecular flexibility index (Phi) is 4.84. The van der Waals surface area contributed by atoms with Crippen LogP contribution in [-0.2, 0) is 16.1 Å². The molecule has 0 heterocycles. The number of halogens is 1. The number of ether oxygens (including phenoxy) is 1. The van der Waals surface area contributed by atoms with Gasteiger partial charge in [-0.25, -0.2) is 4.39 Å². The second-order valence-electron chi connectivity index (χ2n) is 5.27. The summed E-state index contributed by atoms with van der Waals surface area (Å²) in [5.74, 6) is -0.540. The first-order valence-electron chi connectivity index (χ1n) is 5.95. The molecule has 100 valence electrons. The van der Waals surface area contributed by atoms with Gasteiger partial charge in [-0.3, -0.25) is 4.79 Å². The highest BCUT2D eigenvalue weighted by atomic mass is 19.1. The van der Waals surface area contributed by atoms with E-state index in [9.17, 15) is 9.18 Å². The fraction of sp³-hybridized carbons (Fsp3) is 0.500. The van der Waals surface area contributed by atoms with E-state index in [1.165, 1.54) is 6.07 Å². The first-order chi connectivity index (χ1) is 8.28. The third kappa shape index (κ3) is 5.27. The van der Waals surface area contributed by atoms with Gasteiger partial charge >= 0.3 is 5.97 Å². The number of esters is 1. The summed E-state index contributed by atoms with van der Waals surface area (Å²) in [5, 5.41) is 2.93. The number of carbonyl (C=O) groups is 1. The van der Waals surface area contributed by atoms with Crippen LogP contribution in [0.4, 0.5) is 4.39 Å². The minimum atomic E-state index is -0.477. The lowest BCUT2D eigenvalue weighted by Gasteiger charge is -2.19. The van der Waals surface area contributed by atoms with E-state index in [0.717, 1.165) is 5.56 Å². The standard InChI is InChI=1S/C14H20FNO2/c1-10-5-6-11(7-12(10)15)8-16-9-13(17)18-14(2,3)4/h5-7,16H,8-9H2,1-4H3. The van der Waals surface area contributed by atoms with E-state index in [-0.39, 0.29) is 18.3 Å². The number of hydrogen-bond acceptors (Lipinski definition) is 3. The Morgan fingerprint density at radius 2 is 2.06 bits per heavy atom. The molecule has 1 rings (SSSR count). The second-order valence-corrected chi connectivity index (χ2v) is 5.27. The van der Waals surface area contributed by atoms with Crippen LogP contribution < -0.4 is 5.32 Å². The quantitative estimate of drug-likeness (QED) is 0.838. The van der Waals surface area contributed by atoms with Crippen molar-refractivity contribution in [1.29, 1.82) is 0 Å². The zero-order valence-electron chi connectivity index (χ0n) is 11.3. The molecule has 0 bridgehead atoms. The molecule has 0 amide bonds. The Morgan fingerprint density at radius 3 is 2.61 bits per heavy atom. The molecular formula is C14H20FNO2. The van der Waals surface area contributed by atoms with Crippen molar-refractivity contribution in [3.8, 4) is 0 Å². The van der Waals surface area contributed by atoms with Crippen LogP contribution in [0.5, 0.6) is 0 Å². The predicted molar refractivity (Wildman–Crippen MR) is 68.7 cm³/mol. The van der Waals surface area contributed by atoms with Crippen molar-refractivity contribution in [2.24, 2.45) is 0 Å². The first-order valence-corrected chi connectivity index (χ1v) is 5.95. The summed E-state index contributed by atoms with van der Waals surface area (Å²) in [5.41, 5.74) is 0.946. The molecule has 0 fully saturated rings. The molecule has 0 saturated carbocycles. The Bertz CT molecular complexity index is 424. The van der Waals surface area contributed by atoms with E-state index >= 15 is 0 Å². The lowest BCUT2D eigenvalue weighted by molar-refractivity contribution is -0.153. The monoisotopic (exact) mass is 253 g/mol. The number of benzene rings is 1. The topological polar surface area (TPSA) is 38.3 Å². The van der Waals surface area contributed by atoms with Crippen molar-refractivity contribution in [3.05, 3.63) is 35.1 Å². The van der Waals surface area contributed by atoms with E-state index in [0.29, 0.717) is 12.1 Å². The predicted octanol–water partition coefficient (Wildman–Crippen LogP) is 2.57. The average Bonchev–Trinajstić information content (AvgIpc) is 2.20. The number of nitrogens with one attached hydrogen (secondary N) is 1. The third-order valence-electron chi connectivity index (χ3n) is 2.25. The molecule has 18 heavy (non-hydrogen) atoms. The molecule has 1 aromatic carbocycles. The minimum Gasteiger partial charge on any atom is -0.459 e. The smallest absolute Gasteiger partial charge is 0.320 e. The second kappa shape index (κ2) is 5.96. The van der Waals surface area contributed by atoms with E-state index in [1.807, 2.05) is 26.8 Å². The van der Waals surface area contributed by atoms with Crippen molar-refractivity contribution >= 4 is 5.97 Å². The Labute approximate surface area is 107 Å². The summed E-state index contributed by atoms with van der Waals surface area (Å²) in [6.07, 6.45) is 0. The molecule has 0 aliphatic heterocycles. The van der Waals surface area contributed by atoms with Crippen molar-refractivity contribution in [2.75, 3.05) is 6.54 Å². The van der Waals surface area contributed by atoms with Gasteiger partial charge in [0.2, 0.25) is 0 Å². The molecule has 0 saturated heterocycles. The largest absolute Gasteiger partial charge is 0.459 e. The van der Waals surface area contributed by atoms with E-state index < -0.39 is 5.60 Å². The van der Waals surface area contributed by atoms with Crippen LogP contribution in [0.1, 0.15) is 31.9 Å².